The van der Waals surface area contributed by atoms with Crippen molar-refractivity contribution in [3.05, 3.63) is 94.6 Å². The maximum Gasteiger partial charge on any atom is 0.238 e. The summed E-state index contributed by atoms with van der Waals surface area (Å²) in [7, 11) is 0. The van der Waals surface area contributed by atoms with E-state index < -0.39 is 23.7 Å². The molecule has 174 valence electrons. The van der Waals surface area contributed by atoms with Crippen molar-refractivity contribution in [1.29, 1.82) is 0 Å². The molecule has 6 nitrogen and oxygen atoms in total. The van der Waals surface area contributed by atoms with E-state index in [9.17, 15) is 24.3 Å². The Morgan fingerprint density at radius 2 is 1.60 bits per heavy atom. The lowest BCUT2D eigenvalue weighted by Crippen LogP contribution is -2.39. The van der Waals surface area contributed by atoms with Gasteiger partial charge in [0, 0.05) is 28.2 Å². The molecule has 2 aromatic carbocycles. The number of Topliss-reactive ketones (excluding diaryl/α,β-unsaturated/α-hetero) is 1. The van der Waals surface area contributed by atoms with E-state index in [1.807, 2.05) is 12.1 Å². The number of hydrogen-bond donors (Lipinski definition) is 1. The average Bonchev–Trinajstić information content (AvgIpc) is 3.12. The summed E-state index contributed by atoms with van der Waals surface area (Å²) in [6.45, 7) is 1.62. The highest BCUT2D eigenvalue weighted by Crippen LogP contribution is 2.56. The molecule has 1 N–H and O–H groups in total. The molecule has 0 spiro atoms. The molecule has 0 radical (unpaired) electrons. The molecule has 4 unspecified atom stereocenters. The van der Waals surface area contributed by atoms with Crippen molar-refractivity contribution in [2.24, 2.45) is 17.8 Å². The molecule has 0 aromatic heterocycles. The minimum Gasteiger partial charge on any atom is -0.508 e. The first-order chi connectivity index (χ1) is 16.9. The normalized spacial score (nSPS) is 27.9. The molecule has 0 saturated carbocycles. The van der Waals surface area contributed by atoms with Crippen molar-refractivity contribution in [3.63, 3.8) is 0 Å². The first-order valence-electron chi connectivity index (χ1n) is 11.8. The molecule has 35 heavy (non-hydrogen) atoms. The fourth-order valence-corrected chi connectivity index (χ4v) is 6.30. The van der Waals surface area contributed by atoms with Crippen LogP contribution in [0.5, 0.6) is 5.75 Å². The number of phenolic OH excluding ortho intramolecular Hbond substituents is 1. The Labute approximate surface area is 202 Å². The van der Waals surface area contributed by atoms with Gasteiger partial charge in [0.1, 0.15) is 5.75 Å². The molecule has 0 bridgehead atoms. The van der Waals surface area contributed by atoms with E-state index in [0.717, 1.165) is 5.57 Å². The molecule has 4 aliphatic rings. The highest BCUT2D eigenvalue weighted by Gasteiger charge is 2.56. The molecule has 4 atom stereocenters. The molecule has 1 fully saturated rings. The lowest BCUT2D eigenvalue weighted by molar-refractivity contribution is -0.123. The monoisotopic (exact) mass is 465 g/mol. The van der Waals surface area contributed by atoms with Crippen LogP contribution in [0, 0.1) is 17.8 Å². The van der Waals surface area contributed by atoms with Gasteiger partial charge in [-0.2, -0.15) is 0 Å². The number of rotatable bonds is 2. The Hall–Kier alpha value is -4.06. The Bertz CT molecular complexity index is 1410. The highest BCUT2D eigenvalue weighted by molar-refractivity contribution is 6.25. The van der Waals surface area contributed by atoms with E-state index in [1.165, 1.54) is 11.0 Å². The standard InChI is InChI=1S/C29H23NO5/c1-15-13-23(32)26-21(27(15)33)14-20-17(24(26)18-9-5-6-10-22(18)31)11-12-19-25(20)29(35)30(28(19)34)16-7-3-2-4-8-16/h2-11,13,19-20,24-25,31H,12,14H2,1H3. The maximum absolute atomic E-state index is 13.7. The predicted octanol–water partition coefficient (Wildman–Crippen LogP) is 4.03. The lowest BCUT2D eigenvalue weighted by atomic mass is 9.59. The number of allylic oxidation sites excluding steroid dienone is 6. The summed E-state index contributed by atoms with van der Waals surface area (Å²) >= 11 is 0. The largest absolute Gasteiger partial charge is 0.508 e. The van der Waals surface area contributed by atoms with E-state index in [1.54, 1.807) is 55.5 Å². The first kappa shape index (κ1) is 21.5. The molecular weight excluding hydrogens is 442 g/mol. The zero-order valence-electron chi connectivity index (χ0n) is 19.1. The van der Waals surface area contributed by atoms with Gasteiger partial charge in [0.25, 0.3) is 0 Å². The Morgan fingerprint density at radius 3 is 2.34 bits per heavy atom. The zero-order valence-corrected chi connectivity index (χ0v) is 19.1. The number of nitrogens with zero attached hydrogens (tertiary/aromatic N) is 1. The minimum atomic E-state index is -0.639. The van der Waals surface area contributed by atoms with Gasteiger partial charge in [0.15, 0.2) is 11.6 Å². The number of carbonyl (C=O) groups excluding carboxylic acids is 4. The second-order valence-electron chi connectivity index (χ2n) is 9.63. The number of fused-ring (bicyclic) bond motifs is 3. The molecule has 6 rings (SSSR count). The number of para-hydroxylation sites is 2. The number of amides is 2. The second kappa shape index (κ2) is 7.73. The van der Waals surface area contributed by atoms with Gasteiger partial charge >= 0.3 is 0 Å². The number of aromatic hydroxyl groups is 1. The van der Waals surface area contributed by atoms with Gasteiger partial charge in [-0.25, -0.2) is 0 Å². The third-order valence-electron chi connectivity index (χ3n) is 7.82. The van der Waals surface area contributed by atoms with Gasteiger partial charge in [-0.15, -0.1) is 0 Å². The van der Waals surface area contributed by atoms with Crippen LogP contribution in [0.15, 0.2) is 89.0 Å². The van der Waals surface area contributed by atoms with E-state index in [0.29, 0.717) is 34.4 Å². The fraction of sp³-hybridized carbons (Fsp3) is 0.241. The smallest absolute Gasteiger partial charge is 0.238 e. The zero-order chi connectivity index (χ0) is 24.4. The van der Waals surface area contributed by atoms with E-state index >= 15 is 0 Å². The summed E-state index contributed by atoms with van der Waals surface area (Å²) in [6, 6.07) is 15.7. The lowest BCUT2D eigenvalue weighted by Gasteiger charge is -2.42. The highest BCUT2D eigenvalue weighted by atomic mass is 16.3. The molecule has 1 heterocycles. The van der Waals surface area contributed by atoms with E-state index in [2.05, 4.69) is 0 Å². The van der Waals surface area contributed by atoms with Gasteiger partial charge in [0.2, 0.25) is 11.8 Å². The molecule has 3 aliphatic carbocycles. The quantitative estimate of drug-likeness (QED) is 0.411. The van der Waals surface area contributed by atoms with Crippen molar-refractivity contribution in [3.8, 4) is 5.75 Å². The second-order valence-corrected chi connectivity index (χ2v) is 9.63. The Balaban J connectivity index is 1.51. The van der Waals surface area contributed by atoms with Crippen LogP contribution in [0.2, 0.25) is 0 Å². The molecule has 6 heteroatoms. The summed E-state index contributed by atoms with van der Waals surface area (Å²) in [6.07, 6.45) is 3.91. The maximum atomic E-state index is 13.7. The van der Waals surface area contributed by atoms with Crippen molar-refractivity contribution in [1.82, 2.24) is 0 Å². The van der Waals surface area contributed by atoms with Crippen LogP contribution in [-0.4, -0.2) is 28.5 Å². The van der Waals surface area contributed by atoms with Crippen LogP contribution in [-0.2, 0) is 19.2 Å². The van der Waals surface area contributed by atoms with Gasteiger partial charge in [-0.05, 0) is 50.0 Å². The van der Waals surface area contributed by atoms with Crippen molar-refractivity contribution >= 4 is 29.1 Å². The number of ketones is 2. The third-order valence-corrected chi connectivity index (χ3v) is 7.82. The van der Waals surface area contributed by atoms with Gasteiger partial charge in [-0.1, -0.05) is 48.0 Å². The molecular formula is C29H23NO5. The minimum absolute atomic E-state index is 0.0271. The fourth-order valence-electron chi connectivity index (χ4n) is 6.30. The Morgan fingerprint density at radius 1 is 0.886 bits per heavy atom. The summed E-state index contributed by atoms with van der Waals surface area (Å²) in [5.74, 6) is -3.13. The van der Waals surface area contributed by atoms with Gasteiger partial charge in [0.05, 0.1) is 17.5 Å². The number of hydrogen-bond acceptors (Lipinski definition) is 5. The average molecular weight is 466 g/mol. The van der Waals surface area contributed by atoms with Crippen LogP contribution in [0.3, 0.4) is 0 Å². The van der Waals surface area contributed by atoms with Crippen LogP contribution >= 0.6 is 0 Å². The van der Waals surface area contributed by atoms with Crippen LogP contribution in [0.4, 0.5) is 5.69 Å². The number of benzene rings is 2. The topological polar surface area (TPSA) is 91.8 Å². The number of anilines is 1. The number of imide groups is 1. The van der Waals surface area contributed by atoms with Gasteiger partial charge in [-0.3, -0.25) is 24.1 Å². The van der Waals surface area contributed by atoms with Crippen LogP contribution < -0.4 is 4.90 Å². The summed E-state index contributed by atoms with van der Waals surface area (Å²) in [5, 5.41) is 10.7. The molecule has 1 saturated heterocycles. The summed E-state index contributed by atoms with van der Waals surface area (Å²) in [5.41, 5.74) is 3.03. The van der Waals surface area contributed by atoms with Crippen molar-refractivity contribution < 1.29 is 24.3 Å². The SMILES string of the molecule is CC1=CC(=O)C2=C(CC3C(=CCC4C(=O)N(c5ccccc5)C(=O)C43)C2c2ccccc2O)C1=O. The van der Waals surface area contributed by atoms with E-state index in [-0.39, 0.29) is 35.6 Å². The van der Waals surface area contributed by atoms with E-state index in [4.69, 9.17) is 0 Å². The number of carbonyl (C=O) groups is 4. The molecule has 1 aliphatic heterocycles. The molecule has 2 aromatic rings. The van der Waals surface area contributed by atoms with Crippen LogP contribution in [0.25, 0.3) is 0 Å². The third kappa shape index (κ3) is 3.02. The van der Waals surface area contributed by atoms with Crippen molar-refractivity contribution in [2.45, 2.75) is 25.7 Å². The first-order valence-corrected chi connectivity index (χ1v) is 11.8. The van der Waals surface area contributed by atoms with Gasteiger partial charge < -0.3 is 5.11 Å². The van der Waals surface area contributed by atoms with Crippen molar-refractivity contribution in [2.75, 3.05) is 4.90 Å². The summed E-state index contributed by atoms with van der Waals surface area (Å²) < 4.78 is 0. The molecule has 2 amide bonds. The number of phenols is 1. The van der Waals surface area contributed by atoms with Crippen LogP contribution in [0.1, 0.15) is 31.2 Å². The summed E-state index contributed by atoms with van der Waals surface area (Å²) in [4.78, 5) is 54.8. The predicted molar refractivity (Wildman–Crippen MR) is 128 cm³/mol. The Kier molecular flexibility index (Phi) is 4.74.